The van der Waals surface area contributed by atoms with E-state index in [4.69, 9.17) is 0 Å². The van der Waals surface area contributed by atoms with Crippen LogP contribution in [-0.4, -0.2) is 37.9 Å². The number of hydrogen-bond donors (Lipinski definition) is 2. The average molecular weight is 456 g/mol. The van der Waals surface area contributed by atoms with Crippen molar-refractivity contribution in [1.82, 2.24) is 19.9 Å². The van der Waals surface area contributed by atoms with Crippen LogP contribution in [0.3, 0.4) is 0 Å². The molecule has 2 fully saturated rings. The van der Waals surface area contributed by atoms with Crippen LogP contribution in [0.15, 0.2) is 18.2 Å². The average Bonchev–Trinajstić information content (AvgIpc) is 2.75. The topological polar surface area (TPSA) is 75.6 Å². The minimum absolute atomic E-state index is 0.00644. The predicted molar refractivity (Wildman–Crippen MR) is 109 cm³/mol. The second-order valence-electron chi connectivity index (χ2n) is 8.47. The Morgan fingerprint density at radius 3 is 1.97 bits per heavy atom. The quantitative estimate of drug-likeness (QED) is 0.564. The molecule has 2 aromatic heterocycles. The lowest BCUT2D eigenvalue weighted by Crippen LogP contribution is -2.32. The first kappa shape index (κ1) is 22.6. The molecule has 0 bridgehead atoms. The summed E-state index contributed by atoms with van der Waals surface area (Å²) in [5, 5.41) is 6.32. The van der Waals surface area contributed by atoms with Gasteiger partial charge in [-0.15, -0.1) is 0 Å². The number of hydrogen-bond acceptors (Lipinski definition) is 6. The molecule has 2 saturated carbocycles. The number of rotatable bonds is 5. The minimum atomic E-state index is -4.60. The molecule has 2 heterocycles. The highest BCUT2D eigenvalue weighted by molar-refractivity contribution is 5.54. The van der Waals surface area contributed by atoms with Gasteiger partial charge in [-0.1, -0.05) is 25.3 Å². The van der Waals surface area contributed by atoms with Gasteiger partial charge in [0.15, 0.2) is 5.82 Å². The number of anilines is 2. The van der Waals surface area contributed by atoms with Crippen LogP contribution in [0, 0.1) is 0 Å². The maximum Gasteiger partial charge on any atom is 0.433 e. The minimum Gasteiger partial charge on any atom is -0.351 e. The van der Waals surface area contributed by atoms with E-state index in [2.05, 4.69) is 30.6 Å². The monoisotopic (exact) mass is 456 g/mol. The molecule has 6 nitrogen and oxygen atoms in total. The summed E-state index contributed by atoms with van der Waals surface area (Å²) in [6, 6.07) is 3.45. The SMILES string of the molecule is FC1(F)CCC(Nc2nc(NC3CCCCC3)nc(-c3cccc(C(F)(F)F)n3)n2)CC1. The van der Waals surface area contributed by atoms with E-state index in [0.717, 1.165) is 38.2 Å². The van der Waals surface area contributed by atoms with Gasteiger partial charge in [0.05, 0.1) is 0 Å². The molecule has 0 atom stereocenters. The van der Waals surface area contributed by atoms with Gasteiger partial charge >= 0.3 is 6.18 Å². The number of nitrogens with zero attached hydrogens (tertiary/aromatic N) is 4. The van der Waals surface area contributed by atoms with Gasteiger partial charge in [0.25, 0.3) is 0 Å². The third-order valence-corrected chi connectivity index (χ3v) is 5.89. The smallest absolute Gasteiger partial charge is 0.351 e. The number of pyridine rings is 1. The molecule has 0 unspecified atom stereocenters. The van der Waals surface area contributed by atoms with Crippen molar-refractivity contribution < 1.29 is 22.0 Å². The number of nitrogens with one attached hydrogen (secondary N) is 2. The second kappa shape index (κ2) is 9.11. The van der Waals surface area contributed by atoms with E-state index in [1.54, 1.807) is 0 Å². The Bertz CT molecular complexity index is 919. The molecule has 4 rings (SSSR count). The zero-order valence-corrected chi connectivity index (χ0v) is 17.4. The van der Waals surface area contributed by atoms with E-state index in [9.17, 15) is 22.0 Å². The van der Waals surface area contributed by atoms with Crippen molar-refractivity contribution in [3.05, 3.63) is 23.9 Å². The molecule has 32 heavy (non-hydrogen) atoms. The van der Waals surface area contributed by atoms with E-state index in [0.29, 0.717) is 0 Å². The van der Waals surface area contributed by atoms with Gasteiger partial charge in [-0.25, -0.2) is 13.8 Å². The highest BCUT2D eigenvalue weighted by Gasteiger charge is 2.35. The largest absolute Gasteiger partial charge is 0.433 e. The van der Waals surface area contributed by atoms with Gasteiger partial charge in [-0.2, -0.15) is 28.1 Å². The van der Waals surface area contributed by atoms with Crippen LogP contribution in [0.2, 0.25) is 0 Å². The van der Waals surface area contributed by atoms with Crippen molar-refractivity contribution >= 4 is 11.9 Å². The Morgan fingerprint density at radius 2 is 1.38 bits per heavy atom. The third kappa shape index (κ3) is 5.80. The summed E-state index contributed by atoms with van der Waals surface area (Å²) in [4.78, 5) is 16.6. The Kier molecular flexibility index (Phi) is 6.43. The molecule has 0 aromatic carbocycles. The lowest BCUT2D eigenvalue weighted by Gasteiger charge is -2.29. The number of aromatic nitrogens is 4. The molecule has 0 radical (unpaired) electrons. The fourth-order valence-electron chi connectivity index (χ4n) is 4.13. The Hall–Kier alpha value is -2.59. The molecule has 0 saturated heterocycles. The second-order valence-corrected chi connectivity index (χ2v) is 8.47. The summed E-state index contributed by atoms with van der Waals surface area (Å²) in [5.41, 5.74) is -1.08. The van der Waals surface area contributed by atoms with Crippen molar-refractivity contribution in [3.8, 4) is 11.5 Å². The van der Waals surface area contributed by atoms with E-state index in [1.165, 1.54) is 12.1 Å². The fraction of sp³-hybridized carbons (Fsp3) is 0.619. The maximum atomic E-state index is 13.5. The summed E-state index contributed by atoms with van der Waals surface area (Å²) < 4.78 is 66.3. The highest BCUT2D eigenvalue weighted by Crippen LogP contribution is 2.34. The highest BCUT2D eigenvalue weighted by atomic mass is 19.4. The molecule has 0 spiro atoms. The molecule has 0 amide bonds. The molecule has 174 valence electrons. The fourth-order valence-corrected chi connectivity index (χ4v) is 4.13. The first-order chi connectivity index (χ1) is 15.2. The molecular weight excluding hydrogens is 431 g/mol. The summed E-state index contributed by atoms with van der Waals surface area (Å²) in [6.45, 7) is 0. The van der Waals surface area contributed by atoms with Gasteiger partial charge < -0.3 is 10.6 Å². The van der Waals surface area contributed by atoms with Crippen LogP contribution in [0.4, 0.5) is 33.8 Å². The summed E-state index contributed by atoms with van der Waals surface area (Å²) in [7, 11) is 0. The number of halogens is 5. The lowest BCUT2D eigenvalue weighted by molar-refractivity contribution is -0.141. The first-order valence-electron chi connectivity index (χ1n) is 10.9. The van der Waals surface area contributed by atoms with Crippen molar-refractivity contribution in [2.24, 2.45) is 0 Å². The number of alkyl halides is 5. The van der Waals surface area contributed by atoms with Crippen molar-refractivity contribution in [1.29, 1.82) is 0 Å². The van der Waals surface area contributed by atoms with Gasteiger partial charge in [0, 0.05) is 24.9 Å². The summed E-state index contributed by atoms with van der Waals surface area (Å²) >= 11 is 0. The Balaban J connectivity index is 1.61. The summed E-state index contributed by atoms with van der Waals surface area (Å²) in [5.74, 6) is -2.29. The van der Waals surface area contributed by atoms with Crippen LogP contribution < -0.4 is 10.6 Å². The van der Waals surface area contributed by atoms with Crippen LogP contribution in [-0.2, 0) is 6.18 Å². The molecule has 2 N–H and O–H groups in total. The molecule has 11 heteroatoms. The van der Waals surface area contributed by atoms with Crippen LogP contribution in [0.25, 0.3) is 11.5 Å². The molecular formula is C21H25F5N6. The normalized spacial score (nSPS) is 20.2. The zero-order valence-electron chi connectivity index (χ0n) is 17.4. The molecule has 2 aliphatic rings. The molecule has 2 aliphatic carbocycles. The Labute approximate surface area is 182 Å². The summed E-state index contributed by atoms with van der Waals surface area (Å²) in [6.07, 6.45) is 0.651. The molecule has 2 aromatic rings. The predicted octanol–water partition coefficient (Wildman–Crippen LogP) is 5.69. The van der Waals surface area contributed by atoms with Crippen LogP contribution in [0.1, 0.15) is 63.5 Å². The van der Waals surface area contributed by atoms with Gasteiger partial charge in [-0.3, -0.25) is 0 Å². The van der Waals surface area contributed by atoms with Gasteiger partial charge in [0.1, 0.15) is 11.4 Å². The van der Waals surface area contributed by atoms with E-state index in [1.807, 2.05) is 0 Å². The van der Waals surface area contributed by atoms with Crippen molar-refractivity contribution in [2.75, 3.05) is 10.6 Å². The molecule has 0 aliphatic heterocycles. The van der Waals surface area contributed by atoms with Crippen LogP contribution >= 0.6 is 0 Å². The van der Waals surface area contributed by atoms with E-state index >= 15 is 0 Å². The van der Waals surface area contributed by atoms with Gasteiger partial charge in [0.2, 0.25) is 17.8 Å². The maximum absolute atomic E-state index is 13.5. The standard InChI is InChI=1S/C21H25F5N6/c22-20(23)11-9-14(10-12-20)28-19-31-17(15-7-4-8-16(29-15)21(24,25)26)30-18(32-19)27-13-5-2-1-3-6-13/h4,7-8,13-14H,1-3,5-6,9-12H2,(H2,27,28,30,31,32). The zero-order chi connectivity index (χ0) is 22.8. The van der Waals surface area contributed by atoms with Crippen molar-refractivity contribution in [3.63, 3.8) is 0 Å². The Morgan fingerprint density at radius 1 is 0.781 bits per heavy atom. The van der Waals surface area contributed by atoms with E-state index in [-0.39, 0.29) is 61.2 Å². The van der Waals surface area contributed by atoms with E-state index < -0.39 is 17.8 Å². The van der Waals surface area contributed by atoms with Gasteiger partial charge in [-0.05, 0) is 37.8 Å². The van der Waals surface area contributed by atoms with Crippen molar-refractivity contribution in [2.45, 2.75) is 82.0 Å². The lowest BCUT2D eigenvalue weighted by atomic mass is 9.92. The van der Waals surface area contributed by atoms with Crippen LogP contribution in [0.5, 0.6) is 0 Å². The third-order valence-electron chi connectivity index (χ3n) is 5.89. The first-order valence-corrected chi connectivity index (χ1v) is 10.9.